The van der Waals surface area contributed by atoms with Crippen LogP contribution < -0.4 is 15.4 Å². The number of carbonyl (C=O) groups excluding carboxylic acids is 2. The van der Waals surface area contributed by atoms with Crippen molar-refractivity contribution in [3.05, 3.63) is 87.9 Å². The molecule has 0 fully saturated rings. The second kappa shape index (κ2) is 10.00. The van der Waals surface area contributed by atoms with E-state index in [9.17, 15) is 14.7 Å². The van der Waals surface area contributed by atoms with E-state index in [1.807, 2.05) is 37.3 Å². The number of benzene rings is 3. The number of hydrogen-bond donors (Lipinski definition) is 3. The largest absolute Gasteiger partial charge is 0.506 e. The Balaban J connectivity index is 1.72. The van der Waals surface area contributed by atoms with Crippen molar-refractivity contribution in [3.8, 4) is 11.5 Å². The smallest absolute Gasteiger partial charge is 0.255 e. The van der Waals surface area contributed by atoms with E-state index >= 15 is 0 Å². The number of ether oxygens (including phenoxy) is 1. The zero-order chi connectivity index (χ0) is 22.4. The van der Waals surface area contributed by atoms with Crippen LogP contribution in [-0.2, 0) is 6.42 Å². The highest BCUT2D eigenvalue weighted by Gasteiger charge is 2.16. The first-order valence-electron chi connectivity index (χ1n) is 9.69. The number of aryl methyl sites for hydroxylation is 1. The average molecular weight is 439 g/mol. The molecule has 0 bridgehead atoms. The van der Waals surface area contributed by atoms with Gasteiger partial charge in [0.05, 0.1) is 23.4 Å². The summed E-state index contributed by atoms with van der Waals surface area (Å²) in [6, 6.07) is 17.0. The molecule has 3 aromatic carbocycles. The summed E-state index contributed by atoms with van der Waals surface area (Å²) < 4.78 is 5.34. The quantitative estimate of drug-likeness (QED) is 0.503. The predicted molar refractivity (Wildman–Crippen MR) is 121 cm³/mol. The first kappa shape index (κ1) is 22.2. The maximum atomic E-state index is 12.8. The third-order valence-electron chi connectivity index (χ3n) is 4.75. The highest BCUT2D eigenvalue weighted by molar-refractivity contribution is 6.32. The van der Waals surface area contributed by atoms with E-state index in [2.05, 4.69) is 10.6 Å². The minimum Gasteiger partial charge on any atom is -0.506 e. The van der Waals surface area contributed by atoms with Gasteiger partial charge in [0.1, 0.15) is 11.5 Å². The molecule has 0 unspecified atom stereocenters. The molecule has 3 N–H and O–H groups in total. The van der Waals surface area contributed by atoms with Crippen LogP contribution in [0, 0.1) is 6.92 Å². The fraction of sp³-hybridized carbons (Fsp3) is 0.167. The van der Waals surface area contributed by atoms with Crippen LogP contribution in [0.4, 0.5) is 5.69 Å². The molecule has 7 heteroatoms. The molecule has 0 aliphatic heterocycles. The van der Waals surface area contributed by atoms with E-state index in [0.29, 0.717) is 24.2 Å². The number of carbonyl (C=O) groups is 2. The summed E-state index contributed by atoms with van der Waals surface area (Å²) in [5.41, 5.74) is 2.89. The van der Waals surface area contributed by atoms with Gasteiger partial charge < -0.3 is 20.5 Å². The summed E-state index contributed by atoms with van der Waals surface area (Å²) in [6.45, 7) is 2.28. The number of rotatable bonds is 7. The molecule has 0 heterocycles. The summed E-state index contributed by atoms with van der Waals surface area (Å²) in [7, 11) is 1.61. The Kier molecular flexibility index (Phi) is 7.15. The van der Waals surface area contributed by atoms with Crippen molar-refractivity contribution in [2.75, 3.05) is 19.0 Å². The van der Waals surface area contributed by atoms with E-state index in [1.54, 1.807) is 19.2 Å². The van der Waals surface area contributed by atoms with Gasteiger partial charge in [0, 0.05) is 12.1 Å². The summed E-state index contributed by atoms with van der Waals surface area (Å²) in [5.74, 6) is -0.0667. The first-order chi connectivity index (χ1) is 14.9. The van der Waals surface area contributed by atoms with Crippen LogP contribution in [0.2, 0.25) is 5.02 Å². The molecule has 0 aliphatic carbocycles. The van der Waals surface area contributed by atoms with Crippen LogP contribution in [0.1, 0.15) is 31.8 Å². The van der Waals surface area contributed by atoms with Gasteiger partial charge in [-0.05, 0) is 55.3 Å². The van der Waals surface area contributed by atoms with Gasteiger partial charge in [-0.2, -0.15) is 0 Å². The first-order valence-corrected chi connectivity index (χ1v) is 10.1. The summed E-state index contributed by atoms with van der Waals surface area (Å²) >= 11 is 5.89. The highest BCUT2D eigenvalue weighted by Crippen LogP contribution is 2.25. The van der Waals surface area contributed by atoms with Crippen LogP contribution in [0.25, 0.3) is 0 Å². The van der Waals surface area contributed by atoms with Crippen molar-refractivity contribution in [1.82, 2.24) is 5.32 Å². The molecule has 31 heavy (non-hydrogen) atoms. The van der Waals surface area contributed by atoms with Crippen LogP contribution >= 0.6 is 11.6 Å². The molecule has 0 saturated carbocycles. The zero-order valence-electron chi connectivity index (χ0n) is 17.2. The summed E-state index contributed by atoms with van der Waals surface area (Å²) in [4.78, 5) is 25.4. The molecule has 3 aromatic rings. The summed E-state index contributed by atoms with van der Waals surface area (Å²) in [6.07, 6.45) is 0.606. The SMILES string of the molecule is COc1ccccc1CCNC(=O)c1cc(C)ccc1NC(=O)c1ccc(O)c(Cl)c1. The number of anilines is 1. The number of para-hydroxylation sites is 1. The van der Waals surface area contributed by atoms with Gasteiger partial charge in [-0.3, -0.25) is 9.59 Å². The second-order valence-corrected chi connectivity index (χ2v) is 7.39. The Morgan fingerprint density at radius 3 is 2.55 bits per heavy atom. The lowest BCUT2D eigenvalue weighted by atomic mass is 10.1. The molecule has 160 valence electrons. The van der Waals surface area contributed by atoms with E-state index in [0.717, 1.165) is 16.9 Å². The molecule has 3 rings (SSSR count). The molecular formula is C24H23ClN2O4. The Bertz CT molecular complexity index is 1110. The number of amides is 2. The number of methoxy groups -OCH3 is 1. The number of halogens is 1. The zero-order valence-corrected chi connectivity index (χ0v) is 18.0. The van der Waals surface area contributed by atoms with Crippen molar-refractivity contribution < 1.29 is 19.4 Å². The van der Waals surface area contributed by atoms with E-state index < -0.39 is 5.91 Å². The lowest BCUT2D eigenvalue weighted by Gasteiger charge is -2.13. The lowest BCUT2D eigenvalue weighted by Crippen LogP contribution is -2.27. The monoisotopic (exact) mass is 438 g/mol. The molecule has 0 spiro atoms. The van der Waals surface area contributed by atoms with Gasteiger partial charge >= 0.3 is 0 Å². The minimum atomic E-state index is -0.436. The average Bonchev–Trinajstić information content (AvgIpc) is 2.77. The highest BCUT2D eigenvalue weighted by atomic mass is 35.5. The third kappa shape index (κ3) is 5.55. The fourth-order valence-electron chi connectivity index (χ4n) is 3.11. The second-order valence-electron chi connectivity index (χ2n) is 6.99. The van der Waals surface area contributed by atoms with Crippen LogP contribution in [0.3, 0.4) is 0 Å². The van der Waals surface area contributed by atoms with Crippen molar-refractivity contribution in [1.29, 1.82) is 0 Å². The summed E-state index contributed by atoms with van der Waals surface area (Å²) in [5, 5.41) is 15.3. The molecule has 0 aliphatic rings. The van der Waals surface area contributed by atoms with Crippen molar-refractivity contribution in [2.24, 2.45) is 0 Å². The molecule has 0 atom stereocenters. The topological polar surface area (TPSA) is 87.7 Å². The number of hydrogen-bond acceptors (Lipinski definition) is 4. The van der Waals surface area contributed by atoms with Crippen LogP contribution in [0.15, 0.2) is 60.7 Å². The molecule has 2 amide bonds. The number of aromatic hydroxyl groups is 1. The van der Waals surface area contributed by atoms with E-state index in [4.69, 9.17) is 16.3 Å². The van der Waals surface area contributed by atoms with Gasteiger partial charge in [0.2, 0.25) is 0 Å². The van der Waals surface area contributed by atoms with Crippen LogP contribution in [-0.4, -0.2) is 30.6 Å². The molecule has 0 saturated heterocycles. The van der Waals surface area contributed by atoms with Crippen molar-refractivity contribution in [2.45, 2.75) is 13.3 Å². The van der Waals surface area contributed by atoms with Gasteiger partial charge in [0.25, 0.3) is 11.8 Å². The maximum absolute atomic E-state index is 12.8. The van der Waals surface area contributed by atoms with Crippen molar-refractivity contribution >= 4 is 29.1 Å². The minimum absolute atomic E-state index is 0.0749. The Hall–Kier alpha value is -3.51. The van der Waals surface area contributed by atoms with Crippen LogP contribution in [0.5, 0.6) is 11.5 Å². The molecule has 0 radical (unpaired) electrons. The number of phenolic OH excluding ortho intramolecular Hbond substituents is 1. The van der Waals surface area contributed by atoms with E-state index in [-0.39, 0.29) is 22.2 Å². The van der Waals surface area contributed by atoms with Gasteiger partial charge in [-0.1, -0.05) is 41.4 Å². The van der Waals surface area contributed by atoms with Gasteiger partial charge in [-0.15, -0.1) is 0 Å². The Morgan fingerprint density at radius 2 is 1.81 bits per heavy atom. The lowest BCUT2D eigenvalue weighted by molar-refractivity contribution is 0.0955. The third-order valence-corrected chi connectivity index (χ3v) is 5.05. The van der Waals surface area contributed by atoms with Crippen molar-refractivity contribution in [3.63, 3.8) is 0 Å². The molecule has 0 aromatic heterocycles. The predicted octanol–water partition coefficient (Wildman–Crippen LogP) is 4.59. The molecular weight excluding hydrogens is 416 g/mol. The number of nitrogens with one attached hydrogen (secondary N) is 2. The van der Waals surface area contributed by atoms with E-state index in [1.165, 1.54) is 18.2 Å². The maximum Gasteiger partial charge on any atom is 0.255 e. The Labute approximate surface area is 185 Å². The fourth-order valence-corrected chi connectivity index (χ4v) is 3.29. The number of phenols is 1. The van der Waals surface area contributed by atoms with Gasteiger partial charge in [-0.25, -0.2) is 0 Å². The van der Waals surface area contributed by atoms with Gasteiger partial charge in [0.15, 0.2) is 0 Å². The Morgan fingerprint density at radius 1 is 1.03 bits per heavy atom. The standard InChI is InChI=1S/C24H23ClN2O4/c1-15-7-9-20(27-23(29)17-8-10-21(28)19(25)14-17)18(13-15)24(30)26-12-11-16-5-3-4-6-22(16)31-2/h3-10,13-14,28H,11-12H2,1-2H3,(H,26,30)(H,27,29). The molecule has 6 nitrogen and oxygen atoms in total. The normalized spacial score (nSPS) is 10.4.